The van der Waals surface area contributed by atoms with Gasteiger partial charge in [-0.05, 0) is 37.8 Å². The Bertz CT molecular complexity index is 1050. The van der Waals surface area contributed by atoms with Crippen LogP contribution in [-0.2, 0) is 0 Å². The molecule has 2 aromatic heterocycles. The fraction of sp³-hybridized carbons (Fsp3) is 0.348. The lowest BCUT2D eigenvalue weighted by Gasteiger charge is -2.25. The highest BCUT2D eigenvalue weighted by atomic mass is 16.4. The van der Waals surface area contributed by atoms with Gasteiger partial charge in [0.05, 0.1) is 17.4 Å². The summed E-state index contributed by atoms with van der Waals surface area (Å²) in [6.45, 7) is 3.53. The van der Waals surface area contributed by atoms with Crippen LogP contribution in [0.4, 0.5) is 5.69 Å². The van der Waals surface area contributed by atoms with Crippen LogP contribution in [0.3, 0.4) is 0 Å². The summed E-state index contributed by atoms with van der Waals surface area (Å²) in [7, 11) is 3.80. The second-order valence-electron chi connectivity index (χ2n) is 7.71. The molecule has 6 heteroatoms. The first-order valence-electron chi connectivity index (χ1n) is 10.0. The van der Waals surface area contributed by atoms with Crippen molar-refractivity contribution in [2.24, 2.45) is 4.99 Å². The van der Waals surface area contributed by atoms with Crippen molar-refractivity contribution in [1.82, 2.24) is 14.8 Å². The molecule has 0 radical (unpaired) electrons. The van der Waals surface area contributed by atoms with Crippen LogP contribution in [0.1, 0.15) is 35.4 Å². The van der Waals surface area contributed by atoms with Crippen LogP contribution in [0.2, 0.25) is 0 Å². The third-order valence-corrected chi connectivity index (χ3v) is 5.16. The minimum Gasteiger partial charge on any atom is -0.430 e. The highest BCUT2D eigenvalue weighted by Gasteiger charge is 2.28. The standard InChI is InChI=1S/C23H26N4O2/c1-16-14-18(17-10-6-4-7-11-17)25-22-19(16)20(24-15-26(2)3)21(29-22)23(28)27-12-8-5-9-13-27/h4,6-7,10-11,14-15H,5,8-9,12-13H2,1-3H3. The number of carbonyl (C=O) groups is 1. The third-order valence-electron chi connectivity index (χ3n) is 5.16. The molecule has 0 saturated carbocycles. The van der Waals surface area contributed by atoms with Crippen molar-refractivity contribution in [3.8, 4) is 11.3 Å². The molecule has 150 valence electrons. The molecule has 0 spiro atoms. The van der Waals surface area contributed by atoms with E-state index in [-0.39, 0.29) is 11.7 Å². The van der Waals surface area contributed by atoms with Crippen molar-refractivity contribution < 1.29 is 9.21 Å². The van der Waals surface area contributed by atoms with Gasteiger partial charge in [0.25, 0.3) is 5.91 Å². The highest BCUT2D eigenvalue weighted by molar-refractivity contribution is 6.06. The van der Waals surface area contributed by atoms with E-state index in [0.29, 0.717) is 11.4 Å². The molecule has 3 heterocycles. The van der Waals surface area contributed by atoms with Crippen LogP contribution >= 0.6 is 0 Å². The normalized spacial score (nSPS) is 14.7. The molecule has 1 aliphatic heterocycles. The fourth-order valence-electron chi connectivity index (χ4n) is 3.70. The number of pyridine rings is 1. The number of nitrogens with zero attached hydrogens (tertiary/aromatic N) is 4. The van der Waals surface area contributed by atoms with E-state index >= 15 is 0 Å². The predicted octanol–water partition coefficient (Wildman–Crippen LogP) is 4.65. The molecule has 0 bridgehead atoms. The number of carbonyl (C=O) groups excluding carboxylic acids is 1. The lowest BCUT2D eigenvalue weighted by molar-refractivity contribution is 0.0695. The molecule has 4 rings (SSSR count). The van der Waals surface area contributed by atoms with Crippen LogP contribution in [0.15, 0.2) is 45.8 Å². The molecule has 6 nitrogen and oxygen atoms in total. The number of aryl methyl sites for hydroxylation is 1. The summed E-state index contributed by atoms with van der Waals surface area (Å²) in [5.41, 5.74) is 3.84. The molecule has 29 heavy (non-hydrogen) atoms. The molecule has 1 fully saturated rings. The number of hydrogen-bond acceptors (Lipinski definition) is 4. The Morgan fingerprint density at radius 3 is 2.59 bits per heavy atom. The van der Waals surface area contributed by atoms with E-state index in [0.717, 1.165) is 54.6 Å². The molecular weight excluding hydrogens is 364 g/mol. The number of piperidine rings is 1. The summed E-state index contributed by atoms with van der Waals surface area (Å²) in [4.78, 5) is 26.2. The topological polar surface area (TPSA) is 61.9 Å². The number of hydrogen-bond donors (Lipinski definition) is 0. The van der Waals surface area contributed by atoms with Crippen molar-refractivity contribution in [3.05, 3.63) is 47.7 Å². The molecular formula is C23H26N4O2. The van der Waals surface area contributed by atoms with E-state index in [1.807, 2.05) is 67.2 Å². The van der Waals surface area contributed by atoms with E-state index in [4.69, 9.17) is 9.40 Å². The first kappa shape index (κ1) is 19.2. The highest BCUT2D eigenvalue weighted by Crippen LogP contribution is 2.37. The van der Waals surface area contributed by atoms with Gasteiger partial charge in [-0.25, -0.2) is 9.98 Å². The zero-order valence-electron chi connectivity index (χ0n) is 17.2. The zero-order chi connectivity index (χ0) is 20.4. The summed E-state index contributed by atoms with van der Waals surface area (Å²) in [5.74, 6) is 0.176. The summed E-state index contributed by atoms with van der Waals surface area (Å²) in [6.07, 6.45) is 4.91. The lowest BCUT2D eigenvalue weighted by atomic mass is 10.1. The van der Waals surface area contributed by atoms with Gasteiger partial charge in [-0.2, -0.15) is 0 Å². The van der Waals surface area contributed by atoms with Gasteiger partial charge < -0.3 is 14.2 Å². The monoisotopic (exact) mass is 390 g/mol. The minimum atomic E-state index is -0.103. The van der Waals surface area contributed by atoms with Gasteiger partial charge in [-0.1, -0.05) is 30.3 Å². The maximum absolute atomic E-state index is 13.2. The first-order chi connectivity index (χ1) is 14.0. The van der Waals surface area contributed by atoms with E-state index in [2.05, 4.69) is 4.99 Å². The van der Waals surface area contributed by atoms with Crippen molar-refractivity contribution in [2.75, 3.05) is 27.2 Å². The van der Waals surface area contributed by atoms with Crippen LogP contribution in [0.25, 0.3) is 22.4 Å². The molecule has 1 aliphatic rings. The second-order valence-corrected chi connectivity index (χ2v) is 7.71. The smallest absolute Gasteiger partial charge is 0.291 e. The minimum absolute atomic E-state index is 0.103. The molecule has 1 saturated heterocycles. The van der Waals surface area contributed by atoms with Gasteiger partial charge in [-0.3, -0.25) is 4.79 Å². The van der Waals surface area contributed by atoms with Crippen LogP contribution < -0.4 is 0 Å². The number of aromatic nitrogens is 1. The van der Waals surface area contributed by atoms with Crippen LogP contribution in [0, 0.1) is 6.92 Å². The Balaban J connectivity index is 1.86. The number of likely N-dealkylation sites (tertiary alicyclic amines) is 1. The number of furan rings is 1. The maximum Gasteiger partial charge on any atom is 0.291 e. The van der Waals surface area contributed by atoms with E-state index < -0.39 is 0 Å². The number of aliphatic imine (C=N–C) groups is 1. The van der Waals surface area contributed by atoms with E-state index in [9.17, 15) is 4.79 Å². The molecule has 0 aliphatic carbocycles. The van der Waals surface area contributed by atoms with Crippen LogP contribution in [-0.4, -0.2) is 54.2 Å². The molecule has 1 amide bonds. The Hall–Kier alpha value is -3.15. The van der Waals surface area contributed by atoms with Crippen LogP contribution in [0.5, 0.6) is 0 Å². The largest absolute Gasteiger partial charge is 0.430 e. The number of rotatable bonds is 4. The van der Waals surface area contributed by atoms with Crippen molar-refractivity contribution >= 4 is 29.0 Å². The van der Waals surface area contributed by atoms with Gasteiger partial charge in [0, 0.05) is 32.7 Å². The predicted molar refractivity (Wildman–Crippen MR) is 116 cm³/mol. The van der Waals surface area contributed by atoms with E-state index in [1.165, 1.54) is 0 Å². The number of amides is 1. The average Bonchev–Trinajstić information content (AvgIpc) is 3.12. The fourth-order valence-corrected chi connectivity index (χ4v) is 3.70. The Labute approximate surface area is 170 Å². The molecule has 0 atom stereocenters. The SMILES string of the molecule is Cc1cc(-c2ccccc2)nc2oc(C(=O)N3CCCCC3)c(N=CN(C)C)c12. The van der Waals surface area contributed by atoms with Gasteiger partial charge in [-0.15, -0.1) is 0 Å². The number of fused-ring (bicyclic) bond motifs is 1. The first-order valence-corrected chi connectivity index (χ1v) is 10.0. The van der Waals surface area contributed by atoms with Crippen molar-refractivity contribution in [3.63, 3.8) is 0 Å². The second kappa shape index (κ2) is 8.07. The summed E-state index contributed by atoms with van der Waals surface area (Å²) >= 11 is 0. The van der Waals surface area contributed by atoms with Gasteiger partial charge in [0.1, 0.15) is 5.69 Å². The summed E-state index contributed by atoms with van der Waals surface area (Å²) in [6, 6.07) is 12.0. The maximum atomic E-state index is 13.2. The Kier molecular flexibility index (Phi) is 5.34. The Morgan fingerprint density at radius 1 is 1.17 bits per heavy atom. The zero-order valence-corrected chi connectivity index (χ0v) is 17.2. The average molecular weight is 390 g/mol. The lowest BCUT2D eigenvalue weighted by Crippen LogP contribution is -2.35. The number of benzene rings is 1. The summed E-state index contributed by atoms with van der Waals surface area (Å²) in [5, 5.41) is 0.795. The van der Waals surface area contributed by atoms with Crippen molar-refractivity contribution in [2.45, 2.75) is 26.2 Å². The van der Waals surface area contributed by atoms with Gasteiger partial charge in [0.2, 0.25) is 11.5 Å². The Morgan fingerprint density at radius 2 is 1.90 bits per heavy atom. The van der Waals surface area contributed by atoms with Crippen molar-refractivity contribution in [1.29, 1.82) is 0 Å². The van der Waals surface area contributed by atoms with Gasteiger partial charge in [0.15, 0.2) is 0 Å². The third kappa shape index (κ3) is 3.88. The molecule has 3 aromatic rings. The molecule has 1 aromatic carbocycles. The molecule has 0 N–H and O–H groups in total. The molecule has 0 unspecified atom stereocenters. The van der Waals surface area contributed by atoms with Gasteiger partial charge >= 0.3 is 0 Å². The van der Waals surface area contributed by atoms with E-state index in [1.54, 1.807) is 6.34 Å². The quantitative estimate of drug-likeness (QED) is 0.480. The summed E-state index contributed by atoms with van der Waals surface area (Å²) < 4.78 is 6.05.